The van der Waals surface area contributed by atoms with E-state index in [-0.39, 0.29) is 17.9 Å². The van der Waals surface area contributed by atoms with Crippen molar-refractivity contribution in [1.29, 1.82) is 0 Å². The maximum absolute atomic E-state index is 13.3. The molecular weight excluding hydrogens is 504 g/mol. The van der Waals surface area contributed by atoms with Gasteiger partial charge in [0.2, 0.25) is 0 Å². The van der Waals surface area contributed by atoms with Crippen molar-refractivity contribution in [2.45, 2.75) is 45.4 Å². The fraction of sp³-hybridized carbons (Fsp3) is 0.345. The number of pyridine rings is 1. The van der Waals surface area contributed by atoms with Gasteiger partial charge >= 0.3 is 17.9 Å². The Morgan fingerprint density at radius 2 is 1.77 bits per heavy atom. The van der Waals surface area contributed by atoms with Gasteiger partial charge in [-0.05, 0) is 31.0 Å². The molecule has 10 nitrogen and oxygen atoms in total. The van der Waals surface area contributed by atoms with Crippen molar-refractivity contribution in [3.63, 3.8) is 0 Å². The molecule has 4 rings (SSSR count). The number of aromatic hydroxyl groups is 1. The number of para-hydroxylation sites is 1. The monoisotopic (exact) mass is 534 g/mol. The average Bonchev–Trinajstić information content (AvgIpc) is 2.95. The largest absolute Gasteiger partial charge is 0.505 e. The molecule has 0 aliphatic carbocycles. The Balaban J connectivity index is 1.59. The predicted octanol–water partition coefficient (Wildman–Crippen LogP) is 2.95. The molecule has 1 saturated heterocycles. The summed E-state index contributed by atoms with van der Waals surface area (Å²) in [4.78, 5) is 56.1. The lowest BCUT2D eigenvalue weighted by Gasteiger charge is -2.29. The van der Waals surface area contributed by atoms with E-state index in [0.717, 1.165) is 5.56 Å². The van der Waals surface area contributed by atoms with Crippen LogP contribution in [0.5, 0.6) is 5.75 Å². The first kappa shape index (κ1) is 27.6. The summed E-state index contributed by atoms with van der Waals surface area (Å²) in [6, 6.07) is 16.0. The van der Waals surface area contributed by atoms with Gasteiger partial charge in [0.15, 0.2) is 17.8 Å². The molecular formula is C29H30N2O8. The normalized spacial score (nSPS) is 21.7. The van der Waals surface area contributed by atoms with Gasteiger partial charge in [-0.3, -0.25) is 14.4 Å². The molecule has 2 N–H and O–H groups in total. The van der Waals surface area contributed by atoms with Crippen molar-refractivity contribution in [2.75, 3.05) is 6.61 Å². The molecule has 0 bridgehead atoms. The van der Waals surface area contributed by atoms with Crippen LogP contribution in [0, 0.1) is 11.8 Å². The Labute approximate surface area is 225 Å². The van der Waals surface area contributed by atoms with Gasteiger partial charge in [0.05, 0.1) is 11.4 Å². The number of nitrogens with one attached hydrogen (secondary N) is 1. The fourth-order valence-electron chi connectivity index (χ4n) is 4.25. The molecule has 10 heteroatoms. The summed E-state index contributed by atoms with van der Waals surface area (Å²) in [5.41, 5.74) is 0.966. The highest BCUT2D eigenvalue weighted by Crippen LogP contribution is 2.25. The molecule has 0 radical (unpaired) electrons. The second-order valence-corrected chi connectivity index (χ2v) is 9.70. The molecule has 39 heavy (non-hydrogen) atoms. The van der Waals surface area contributed by atoms with Crippen molar-refractivity contribution in [3.8, 4) is 5.75 Å². The maximum atomic E-state index is 13.3. The molecule has 1 fully saturated rings. The number of benzene rings is 2. The number of hydrogen-bond donors (Lipinski definition) is 2. The van der Waals surface area contributed by atoms with E-state index in [9.17, 15) is 24.3 Å². The zero-order valence-corrected chi connectivity index (χ0v) is 21.8. The molecule has 0 saturated carbocycles. The smallest absolute Gasteiger partial charge is 0.332 e. The van der Waals surface area contributed by atoms with E-state index in [4.69, 9.17) is 14.2 Å². The quantitative estimate of drug-likeness (QED) is 0.361. The molecule has 0 spiro atoms. The summed E-state index contributed by atoms with van der Waals surface area (Å²) >= 11 is 0. The summed E-state index contributed by atoms with van der Waals surface area (Å²) in [7, 11) is 0. The summed E-state index contributed by atoms with van der Waals surface area (Å²) < 4.78 is 16.7. The van der Waals surface area contributed by atoms with Crippen molar-refractivity contribution in [2.24, 2.45) is 11.8 Å². The van der Waals surface area contributed by atoms with Crippen molar-refractivity contribution in [1.82, 2.24) is 10.3 Å². The van der Waals surface area contributed by atoms with Crippen LogP contribution in [0.3, 0.4) is 0 Å². The van der Waals surface area contributed by atoms with Crippen LogP contribution in [0.2, 0.25) is 0 Å². The van der Waals surface area contributed by atoms with Gasteiger partial charge in [-0.25, -0.2) is 9.78 Å². The first-order valence-electron chi connectivity index (χ1n) is 12.6. The SMILES string of the molecule is CC(C)C(=O)O[C@H]1[C@H](C)OC(=O)[C@@H](NC(=O)c2nc3ccccc3cc2O)COC(=O)[C@@H]1Cc1ccccc1. The van der Waals surface area contributed by atoms with E-state index >= 15 is 0 Å². The second-order valence-electron chi connectivity index (χ2n) is 9.70. The Morgan fingerprint density at radius 3 is 2.49 bits per heavy atom. The standard InChI is InChI=1S/C29H30N2O8/c1-16(2)27(34)39-25-17(3)38-29(36)22(15-37-28(35)20(25)13-18-9-5-4-6-10-18)31-26(33)24-23(32)14-19-11-7-8-12-21(19)30-24/h4-12,14,16-17,20,22,25,32H,13,15H2,1-3H3,(H,31,33)/t17-,20+,22-,25-/m0/s1. The average molecular weight is 535 g/mol. The third-order valence-electron chi connectivity index (χ3n) is 6.39. The van der Waals surface area contributed by atoms with Crippen LogP contribution < -0.4 is 5.32 Å². The van der Waals surface area contributed by atoms with Gasteiger partial charge in [-0.15, -0.1) is 0 Å². The Morgan fingerprint density at radius 1 is 1.08 bits per heavy atom. The number of amides is 1. The van der Waals surface area contributed by atoms with Crippen LogP contribution in [-0.2, 0) is 35.0 Å². The molecule has 204 valence electrons. The third kappa shape index (κ3) is 6.51. The van der Waals surface area contributed by atoms with Gasteiger partial charge in [0.1, 0.15) is 24.4 Å². The highest BCUT2D eigenvalue weighted by Gasteiger charge is 2.42. The highest BCUT2D eigenvalue weighted by atomic mass is 16.6. The summed E-state index contributed by atoms with van der Waals surface area (Å²) in [6.45, 7) is 4.30. The topological polar surface area (TPSA) is 141 Å². The predicted molar refractivity (Wildman–Crippen MR) is 140 cm³/mol. The van der Waals surface area contributed by atoms with Crippen LogP contribution in [0.15, 0.2) is 60.7 Å². The van der Waals surface area contributed by atoms with Crippen LogP contribution >= 0.6 is 0 Å². The van der Waals surface area contributed by atoms with Gasteiger partial charge in [0, 0.05) is 5.39 Å². The molecule has 0 unspecified atom stereocenters. The van der Waals surface area contributed by atoms with Gasteiger partial charge < -0.3 is 24.6 Å². The molecule has 2 heterocycles. The lowest BCUT2D eigenvalue weighted by atomic mass is 9.91. The van der Waals surface area contributed by atoms with E-state index in [0.29, 0.717) is 10.9 Å². The minimum absolute atomic E-state index is 0.170. The van der Waals surface area contributed by atoms with Crippen LogP contribution in [-0.4, -0.2) is 58.8 Å². The Kier molecular flexibility index (Phi) is 8.43. The molecule has 4 atom stereocenters. The highest BCUT2D eigenvalue weighted by molar-refractivity contribution is 5.99. The number of carbonyl (C=O) groups is 4. The molecule has 1 aliphatic rings. The third-order valence-corrected chi connectivity index (χ3v) is 6.39. The van der Waals surface area contributed by atoms with E-state index in [1.54, 1.807) is 38.1 Å². The molecule has 2 aromatic carbocycles. The summed E-state index contributed by atoms with van der Waals surface area (Å²) in [5, 5.41) is 13.4. The van der Waals surface area contributed by atoms with E-state index < -0.39 is 60.5 Å². The number of esters is 3. The lowest BCUT2D eigenvalue weighted by molar-refractivity contribution is -0.176. The zero-order chi connectivity index (χ0) is 28.1. The number of fused-ring (bicyclic) bond motifs is 1. The molecule has 1 amide bonds. The molecule has 1 aliphatic heterocycles. The zero-order valence-electron chi connectivity index (χ0n) is 21.8. The van der Waals surface area contributed by atoms with Gasteiger partial charge in [-0.2, -0.15) is 0 Å². The van der Waals surface area contributed by atoms with E-state index in [2.05, 4.69) is 10.3 Å². The lowest BCUT2D eigenvalue weighted by Crippen LogP contribution is -2.47. The minimum atomic E-state index is -1.39. The van der Waals surface area contributed by atoms with Crippen molar-refractivity contribution >= 4 is 34.7 Å². The van der Waals surface area contributed by atoms with Crippen LogP contribution in [0.4, 0.5) is 0 Å². The number of ether oxygens (including phenoxy) is 3. The first-order chi connectivity index (χ1) is 18.6. The van der Waals surface area contributed by atoms with Gasteiger partial charge in [0.25, 0.3) is 5.91 Å². The van der Waals surface area contributed by atoms with Crippen molar-refractivity contribution in [3.05, 3.63) is 71.9 Å². The number of nitrogens with zero attached hydrogens (tertiary/aromatic N) is 1. The van der Waals surface area contributed by atoms with Gasteiger partial charge in [-0.1, -0.05) is 62.4 Å². The maximum Gasteiger partial charge on any atom is 0.332 e. The van der Waals surface area contributed by atoms with E-state index in [1.807, 2.05) is 30.3 Å². The Bertz CT molecular complexity index is 1370. The van der Waals surface area contributed by atoms with Crippen LogP contribution in [0.1, 0.15) is 36.8 Å². The van der Waals surface area contributed by atoms with Crippen LogP contribution in [0.25, 0.3) is 10.9 Å². The number of carbonyl (C=O) groups excluding carboxylic acids is 4. The fourth-order valence-corrected chi connectivity index (χ4v) is 4.25. The number of rotatable bonds is 6. The molecule has 3 aromatic rings. The first-order valence-corrected chi connectivity index (χ1v) is 12.6. The van der Waals surface area contributed by atoms with E-state index in [1.165, 1.54) is 13.0 Å². The number of aromatic nitrogens is 1. The number of hydrogen-bond acceptors (Lipinski definition) is 9. The number of cyclic esters (lactones) is 2. The summed E-state index contributed by atoms with van der Waals surface area (Å²) in [5.74, 6) is -4.85. The second kappa shape index (κ2) is 11.9. The Hall–Kier alpha value is -4.47. The summed E-state index contributed by atoms with van der Waals surface area (Å²) in [6.07, 6.45) is -1.99. The minimum Gasteiger partial charge on any atom is -0.505 e. The molecule has 1 aromatic heterocycles. The van der Waals surface area contributed by atoms with Crippen molar-refractivity contribution < 1.29 is 38.5 Å².